The van der Waals surface area contributed by atoms with Gasteiger partial charge in [-0.15, -0.1) is 0 Å². The molecule has 1 aliphatic heterocycles. The first kappa shape index (κ1) is 21.3. The fourth-order valence-corrected chi connectivity index (χ4v) is 5.21. The zero-order valence-electron chi connectivity index (χ0n) is 17.7. The number of nitrogens with one attached hydrogen (secondary N) is 1. The van der Waals surface area contributed by atoms with Gasteiger partial charge in [-0.3, -0.25) is 4.79 Å². The lowest BCUT2D eigenvalue weighted by atomic mass is 9.99. The number of aryl methyl sites for hydroxylation is 1. The van der Waals surface area contributed by atoms with E-state index in [4.69, 9.17) is 0 Å². The molecule has 3 aromatic rings. The second-order valence-electron chi connectivity index (χ2n) is 7.82. The highest BCUT2D eigenvalue weighted by atomic mass is 32.2. The van der Waals surface area contributed by atoms with E-state index in [1.807, 2.05) is 68.4 Å². The Bertz CT molecular complexity index is 1190. The minimum Gasteiger partial charge on any atom is -0.312 e. The summed E-state index contributed by atoms with van der Waals surface area (Å²) in [6.45, 7) is 4.43. The third-order valence-corrected chi connectivity index (χ3v) is 7.10. The molecule has 1 N–H and O–H groups in total. The molecule has 0 aliphatic carbocycles. The molecule has 4 rings (SSSR count). The maximum absolute atomic E-state index is 13.3. The molecule has 160 valence electrons. The maximum atomic E-state index is 13.3. The highest BCUT2D eigenvalue weighted by molar-refractivity contribution is 7.89. The minimum atomic E-state index is -3.78. The van der Waals surface area contributed by atoms with Gasteiger partial charge in [0.25, 0.3) is 0 Å². The number of carbonyl (C=O) groups excluding carboxylic acids is 1. The van der Waals surface area contributed by atoms with Gasteiger partial charge in [0, 0.05) is 18.7 Å². The van der Waals surface area contributed by atoms with Crippen LogP contribution in [0.3, 0.4) is 0 Å². The number of carbonyl (C=O) groups is 1. The molecule has 0 saturated heterocycles. The molecule has 0 radical (unpaired) electrons. The molecule has 0 spiro atoms. The lowest BCUT2D eigenvalue weighted by Gasteiger charge is -2.21. The van der Waals surface area contributed by atoms with Crippen LogP contribution in [-0.2, 0) is 21.2 Å². The van der Waals surface area contributed by atoms with Crippen molar-refractivity contribution in [2.45, 2.75) is 37.6 Å². The monoisotopic (exact) mass is 434 g/mol. The molecule has 0 aromatic heterocycles. The van der Waals surface area contributed by atoms with Crippen molar-refractivity contribution >= 4 is 21.6 Å². The summed E-state index contributed by atoms with van der Waals surface area (Å²) >= 11 is 0. The van der Waals surface area contributed by atoms with Crippen LogP contribution in [0.1, 0.15) is 41.6 Å². The normalized spacial score (nSPS) is 14.3. The summed E-state index contributed by atoms with van der Waals surface area (Å²) in [5.74, 6) is 0.0518. The number of hydrogen-bond acceptors (Lipinski definition) is 3. The number of amides is 1. The molecule has 0 bridgehead atoms. The fraction of sp³-hybridized carbons (Fsp3) is 0.240. The van der Waals surface area contributed by atoms with Crippen molar-refractivity contribution in [1.82, 2.24) is 4.72 Å². The van der Waals surface area contributed by atoms with Crippen molar-refractivity contribution in [3.63, 3.8) is 0 Å². The lowest BCUT2D eigenvalue weighted by Crippen LogP contribution is -2.29. The van der Waals surface area contributed by atoms with E-state index < -0.39 is 16.1 Å². The zero-order valence-corrected chi connectivity index (χ0v) is 18.5. The lowest BCUT2D eigenvalue weighted by molar-refractivity contribution is -0.118. The van der Waals surface area contributed by atoms with Gasteiger partial charge in [0.15, 0.2) is 0 Å². The van der Waals surface area contributed by atoms with Gasteiger partial charge in [0.2, 0.25) is 15.9 Å². The van der Waals surface area contributed by atoms with Gasteiger partial charge in [0.1, 0.15) is 0 Å². The van der Waals surface area contributed by atoms with Crippen LogP contribution < -0.4 is 9.62 Å². The van der Waals surface area contributed by atoms with Crippen LogP contribution in [0, 0.1) is 6.92 Å². The van der Waals surface area contributed by atoms with E-state index >= 15 is 0 Å². The Balaban J connectivity index is 1.67. The maximum Gasteiger partial charge on any atom is 0.241 e. The first-order valence-corrected chi connectivity index (χ1v) is 11.9. The first-order valence-electron chi connectivity index (χ1n) is 10.5. The molecule has 5 nitrogen and oxygen atoms in total. The number of rotatable bonds is 6. The Morgan fingerprint density at radius 2 is 1.68 bits per heavy atom. The Kier molecular flexibility index (Phi) is 5.94. The van der Waals surface area contributed by atoms with Crippen LogP contribution in [-0.4, -0.2) is 20.9 Å². The van der Waals surface area contributed by atoms with E-state index in [9.17, 15) is 13.2 Å². The van der Waals surface area contributed by atoms with Gasteiger partial charge in [-0.05, 0) is 48.2 Å². The van der Waals surface area contributed by atoms with Crippen molar-refractivity contribution in [3.8, 4) is 0 Å². The number of hydrogen-bond donors (Lipinski definition) is 1. The van der Waals surface area contributed by atoms with Gasteiger partial charge in [-0.25, -0.2) is 8.42 Å². The molecule has 1 aliphatic rings. The van der Waals surface area contributed by atoms with Crippen molar-refractivity contribution in [1.29, 1.82) is 0 Å². The van der Waals surface area contributed by atoms with Crippen LogP contribution in [0.4, 0.5) is 5.69 Å². The topological polar surface area (TPSA) is 66.5 Å². The molecule has 3 aromatic carbocycles. The second-order valence-corrected chi connectivity index (χ2v) is 9.53. The summed E-state index contributed by atoms with van der Waals surface area (Å²) in [6, 6.07) is 21.9. The highest BCUT2D eigenvalue weighted by Crippen LogP contribution is 2.32. The Labute approximate surface area is 183 Å². The number of nitrogens with zero attached hydrogens (tertiary/aromatic N) is 1. The average Bonchev–Trinajstić information content (AvgIpc) is 3.22. The molecule has 1 heterocycles. The van der Waals surface area contributed by atoms with E-state index in [0.717, 1.165) is 27.9 Å². The van der Waals surface area contributed by atoms with Crippen molar-refractivity contribution < 1.29 is 13.2 Å². The first-order chi connectivity index (χ1) is 14.9. The molecule has 0 fully saturated rings. The predicted octanol–water partition coefficient (Wildman–Crippen LogP) is 4.36. The SMILES string of the molecule is CCC(=O)N1CCc2cc(S(=O)(=O)NC(c3ccccc3)c3ccc(C)cc3)ccc21. The van der Waals surface area contributed by atoms with Crippen molar-refractivity contribution in [2.24, 2.45) is 0 Å². The van der Waals surface area contributed by atoms with Crippen LogP contribution >= 0.6 is 0 Å². The Morgan fingerprint density at radius 1 is 1.00 bits per heavy atom. The molecule has 1 unspecified atom stereocenters. The average molecular weight is 435 g/mol. The highest BCUT2D eigenvalue weighted by Gasteiger charge is 2.27. The molecular formula is C25H26N2O3S. The molecule has 1 amide bonds. The Hall–Kier alpha value is -2.96. The standard InChI is InChI=1S/C25H26N2O3S/c1-3-24(28)27-16-15-21-17-22(13-14-23(21)27)31(29,30)26-25(19-7-5-4-6-8-19)20-11-9-18(2)10-12-20/h4-14,17,25-26H,3,15-16H2,1-2H3. The zero-order chi connectivity index (χ0) is 22.0. The predicted molar refractivity (Wildman–Crippen MR) is 123 cm³/mol. The molecule has 0 saturated carbocycles. The van der Waals surface area contributed by atoms with E-state index in [1.54, 1.807) is 23.1 Å². The van der Waals surface area contributed by atoms with Crippen LogP contribution in [0.5, 0.6) is 0 Å². The quantitative estimate of drug-likeness (QED) is 0.627. The number of benzene rings is 3. The third-order valence-electron chi connectivity index (χ3n) is 5.68. The number of fused-ring (bicyclic) bond motifs is 1. The summed E-state index contributed by atoms with van der Waals surface area (Å²) in [4.78, 5) is 14.1. The van der Waals surface area contributed by atoms with Gasteiger partial charge in [0.05, 0.1) is 10.9 Å². The van der Waals surface area contributed by atoms with Gasteiger partial charge in [-0.2, -0.15) is 4.72 Å². The third kappa shape index (κ3) is 4.40. The smallest absolute Gasteiger partial charge is 0.241 e. The summed E-state index contributed by atoms with van der Waals surface area (Å²) in [7, 11) is -3.78. The molecule has 31 heavy (non-hydrogen) atoms. The molecule has 6 heteroatoms. The minimum absolute atomic E-state index is 0.0518. The van der Waals surface area contributed by atoms with E-state index in [1.165, 1.54) is 0 Å². The summed E-state index contributed by atoms with van der Waals surface area (Å²) in [6.07, 6.45) is 1.08. The largest absolute Gasteiger partial charge is 0.312 e. The van der Waals surface area contributed by atoms with Crippen LogP contribution in [0.25, 0.3) is 0 Å². The molecule has 1 atom stereocenters. The number of sulfonamides is 1. The van der Waals surface area contributed by atoms with Gasteiger partial charge < -0.3 is 4.90 Å². The summed E-state index contributed by atoms with van der Waals surface area (Å²) in [5.41, 5.74) is 4.56. The van der Waals surface area contributed by atoms with Crippen molar-refractivity contribution in [3.05, 3.63) is 95.1 Å². The van der Waals surface area contributed by atoms with E-state index in [2.05, 4.69) is 4.72 Å². The number of anilines is 1. The molecular weight excluding hydrogens is 408 g/mol. The van der Waals surface area contributed by atoms with E-state index in [0.29, 0.717) is 19.4 Å². The second kappa shape index (κ2) is 8.65. The van der Waals surface area contributed by atoms with Gasteiger partial charge in [-0.1, -0.05) is 67.1 Å². The summed E-state index contributed by atoms with van der Waals surface area (Å²) in [5, 5.41) is 0. The van der Waals surface area contributed by atoms with Crippen LogP contribution in [0.15, 0.2) is 77.7 Å². The van der Waals surface area contributed by atoms with Crippen LogP contribution in [0.2, 0.25) is 0 Å². The fourth-order valence-electron chi connectivity index (χ4n) is 3.95. The van der Waals surface area contributed by atoms with Crippen molar-refractivity contribution in [2.75, 3.05) is 11.4 Å². The van der Waals surface area contributed by atoms with Gasteiger partial charge >= 0.3 is 0 Å². The van der Waals surface area contributed by atoms with E-state index in [-0.39, 0.29) is 10.8 Å². The summed E-state index contributed by atoms with van der Waals surface area (Å²) < 4.78 is 29.6. The Morgan fingerprint density at radius 3 is 2.35 bits per heavy atom.